The lowest BCUT2D eigenvalue weighted by molar-refractivity contribution is 1.59. The van der Waals surface area contributed by atoms with Crippen molar-refractivity contribution in [2.45, 2.75) is 0 Å². The van der Waals surface area contributed by atoms with Crippen molar-refractivity contribution >= 4 is 96.1 Å². The van der Waals surface area contributed by atoms with E-state index in [1.54, 1.807) is 0 Å². The van der Waals surface area contributed by atoms with Crippen molar-refractivity contribution in [3.05, 3.63) is 218 Å². The molecule has 12 aromatic carbocycles. The normalized spacial score (nSPS) is 11.9. The molecule has 0 aliphatic rings. The molecular formula is C60H36S. The average molecular weight is 789 g/mol. The first-order chi connectivity index (χ1) is 30.3. The number of hydrogen-bond acceptors (Lipinski definition) is 1. The van der Waals surface area contributed by atoms with Crippen molar-refractivity contribution in [1.82, 2.24) is 0 Å². The molecule has 0 saturated heterocycles. The van der Waals surface area contributed by atoms with Crippen molar-refractivity contribution in [2.24, 2.45) is 0 Å². The fourth-order valence-corrected chi connectivity index (χ4v) is 11.5. The third-order valence-corrected chi connectivity index (χ3v) is 14.2. The van der Waals surface area contributed by atoms with Crippen LogP contribution in [0.5, 0.6) is 0 Å². The van der Waals surface area contributed by atoms with Gasteiger partial charge in [0, 0.05) is 25.7 Å². The Hall–Kier alpha value is -7.58. The van der Waals surface area contributed by atoms with Gasteiger partial charge in [-0.15, -0.1) is 11.3 Å². The van der Waals surface area contributed by atoms with Crippen LogP contribution in [0.15, 0.2) is 218 Å². The van der Waals surface area contributed by atoms with Gasteiger partial charge < -0.3 is 0 Å². The molecule has 1 heteroatoms. The van der Waals surface area contributed by atoms with Crippen molar-refractivity contribution in [3.8, 4) is 44.5 Å². The Morgan fingerprint density at radius 3 is 1.28 bits per heavy atom. The summed E-state index contributed by atoms with van der Waals surface area (Å²) in [7, 11) is 0. The fourth-order valence-electron chi connectivity index (χ4n) is 10.3. The van der Waals surface area contributed by atoms with E-state index in [4.69, 9.17) is 0 Å². The van der Waals surface area contributed by atoms with E-state index >= 15 is 0 Å². The molecule has 1 heterocycles. The molecule has 0 nitrogen and oxygen atoms in total. The van der Waals surface area contributed by atoms with Crippen LogP contribution in [-0.2, 0) is 0 Å². The molecule has 13 rings (SSSR count). The molecule has 0 saturated carbocycles. The maximum absolute atomic E-state index is 2.40. The Bertz CT molecular complexity index is 3830. The van der Waals surface area contributed by atoms with Crippen molar-refractivity contribution in [2.75, 3.05) is 0 Å². The average Bonchev–Trinajstić information content (AvgIpc) is 3.70. The van der Waals surface area contributed by atoms with Gasteiger partial charge in [0.25, 0.3) is 0 Å². The van der Waals surface area contributed by atoms with E-state index in [0.29, 0.717) is 0 Å². The Labute approximate surface area is 357 Å². The van der Waals surface area contributed by atoms with Gasteiger partial charge in [-0.2, -0.15) is 0 Å². The minimum absolute atomic E-state index is 1.21. The van der Waals surface area contributed by atoms with Crippen LogP contribution in [0.2, 0.25) is 0 Å². The molecule has 0 amide bonds. The highest BCUT2D eigenvalue weighted by molar-refractivity contribution is 7.26. The molecule has 13 aromatic rings. The van der Waals surface area contributed by atoms with E-state index in [9.17, 15) is 0 Å². The Morgan fingerprint density at radius 1 is 0.230 bits per heavy atom. The summed E-state index contributed by atoms with van der Waals surface area (Å²) in [6.45, 7) is 0. The highest BCUT2D eigenvalue weighted by Crippen LogP contribution is 2.49. The first kappa shape index (κ1) is 34.3. The number of benzene rings is 12. The lowest BCUT2D eigenvalue weighted by atomic mass is 9.85. The Morgan fingerprint density at radius 2 is 0.656 bits per heavy atom. The fraction of sp³-hybridized carbons (Fsp3) is 0. The highest BCUT2D eigenvalue weighted by Gasteiger charge is 2.20. The molecule has 0 bridgehead atoms. The standard InChI is InChI=1S/C60H36S/c1-2-15-40-36-57-56(34-39(40)14-1)53-26-13-27-54(60(53)61-57)59-51-24-11-9-22-49(51)58(50-23-10-12-25-52(50)59)38-30-28-37(29-31-38)42-16-3-4-17-43(42)41-32-33-48-46-20-6-5-18-44(46)45-19-7-8-21-47(45)55(48)35-41/h1-36H. The van der Waals surface area contributed by atoms with E-state index in [1.165, 1.54) is 129 Å². The lowest BCUT2D eigenvalue weighted by Gasteiger charge is -2.18. The van der Waals surface area contributed by atoms with Gasteiger partial charge in [-0.1, -0.05) is 200 Å². The SMILES string of the molecule is c1ccc(-c2ccc3c4ccccc4c4ccccc4c3c2)c(-c2ccc(-c3c4ccccc4c(-c4cccc5c4sc4cc6ccccc6cc45)c4ccccc34)cc2)c1. The van der Waals surface area contributed by atoms with E-state index in [0.717, 1.165) is 0 Å². The summed E-state index contributed by atoms with van der Waals surface area (Å²) in [4.78, 5) is 0. The van der Waals surface area contributed by atoms with Crippen molar-refractivity contribution in [3.63, 3.8) is 0 Å². The van der Waals surface area contributed by atoms with Gasteiger partial charge in [-0.3, -0.25) is 0 Å². The number of thiophene rings is 1. The van der Waals surface area contributed by atoms with Crippen LogP contribution in [0.25, 0.3) is 129 Å². The Kier molecular flexibility index (Phi) is 7.58. The maximum atomic E-state index is 2.40. The number of hydrogen-bond donors (Lipinski definition) is 0. The van der Waals surface area contributed by atoms with Gasteiger partial charge >= 0.3 is 0 Å². The first-order valence-electron chi connectivity index (χ1n) is 21.1. The van der Waals surface area contributed by atoms with Crippen LogP contribution in [0, 0.1) is 0 Å². The molecule has 0 aliphatic carbocycles. The molecule has 282 valence electrons. The molecule has 0 radical (unpaired) electrons. The summed E-state index contributed by atoms with van der Waals surface area (Å²) >= 11 is 1.92. The smallest absolute Gasteiger partial charge is 0.0434 e. The number of fused-ring (bicyclic) bond motifs is 12. The van der Waals surface area contributed by atoms with Gasteiger partial charge in [-0.05, 0) is 122 Å². The minimum Gasteiger partial charge on any atom is -0.135 e. The summed E-state index contributed by atoms with van der Waals surface area (Å²) in [6.07, 6.45) is 0. The molecule has 61 heavy (non-hydrogen) atoms. The molecule has 1 aromatic heterocycles. The topological polar surface area (TPSA) is 0 Å². The molecule has 0 N–H and O–H groups in total. The van der Waals surface area contributed by atoms with Crippen LogP contribution in [0.1, 0.15) is 0 Å². The third kappa shape index (κ3) is 5.24. The van der Waals surface area contributed by atoms with Gasteiger partial charge in [-0.25, -0.2) is 0 Å². The van der Waals surface area contributed by atoms with Crippen LogP contribution >= 0.6 is 11.3 Å². The van der Waals surface area contributed by atoms with E-state index in [1.807, 2.05) is 11.3 Å². The highest BCUT2D eigenvalue weighted by atomic mass is 32.1. The van der Waals surface area contributed by atoms with Crippen LogP contribution in [0.4, 0.5) is 0 Å². The van der Waals surface area contributed by atoms with Crippen LogP contribution < -0.4 is 0 Å². The molecule has 0 unspecified atom stereocenters. The van der Waals surface area contributed by atoms with Gasteiger partial charge in [0.15, 0.2) is 0 Å². The van der Waals surface area contributed by atoms with Crippen molar-refractivity contribution in [1.29, 1.82) is 0 Å². The zero-order chi connectivity index (χ0) is 40.0. The monoisotopic (exact) mass is 788 g/mol. The first-order valence-corrected chi connectivity index (χ1v) is 21.9. The second-order valence-corrected chi connectivity index (χ2v) is 17.3. The predicted octanol–water partition coefficient (Wildman–Crippen LogP) is 17.6. The summed E-state index contributed by atoms with van der Waals surface area (Å²) in [5, 5.41) is 18.1. The van der Waals surface area contributed by atoms with Crippen molar-refractivity contribution < 1.29 is 0 Å². The van der Waals surface area contributed by atoms with E-state index < -0.39 is 0 Å². The summed E-state index contributed by atoms with van der Waals surface area (Å²) in [6, 6.07) is 81.2. The molecule has 0 atom stereocenters. The third-order valence-electron chi connectivity index (χ3n) is 13.0. The quantitative estimate of drug-likeness (QED) is 0.123. The second kappa shape index (κ2) is 13.5. The zero-order valence-corrected chi connectivity index (χ0v) is 34.0. The van der Waals surface area contributed by atoms with Gasteiger partial charge in [0.1, 0.15) is 0 Å². The molecular weight excluding hydrogens is 753 g/mol. The zero-order valence-electron chi connectivity index (χ0n) is 33.2. The molecule has 0 aliphatic heterocycles. The van der Waals surface area contributed by atoms with Crippen LogP contribution in [-0.4, -0.2) is 0 Å². The predicted molar refractivity (Wildman–Crippen MR) is 266 cm³/mol. The van der Waals surface area contributed by atoms with Gasteiger partial charge in [0.2, 0.25) is 0 Å². The Balaban J connectivity index is 0.961. The van der Waals surface area contributed by atoms with Gasteiger partial charge in [0.05, 0.1) is 0 Å². The molecule has 0 fully saturated rings. The van der Waals surface area contributed by atoms with E-state index in [2.05, 4.69) is 218 Å². The summed E-state index contributed by atoms with van der Waals surface area (Å²) < 4.78 is 2.67. The maximum Gasteiger partial charge on any atom is 0.0434 e. The lowest BCUT2D eigenvalue weighted by Crippen LogP contribution is -1.91. The molecule has 0 spiro atoms. The largest absolute Gasteiger partial charge is 0.135 e. The van der Waals surface area contributed by atoms with E-state index in [-0.39, 0.29) is 0 Å². The van der Waals surface area contributed by atoms with Crippen LogP contribution in [0.3, 0.4) is 0 Å². The number of rotatable bonds is 4. The second-order valence-electron chi connectivity index (χ2n) is 16.3. The minimum atomic E-state index is 1.21. The summed E-state index contributed by atoms with van der Waals surface area (Å²) in [5.74, 6) is 0. The summed E-state index contributed by atoms with van der Waals surface area (Å²) in [5.41, 5.74) is 9.99.